The molecule has 0 saturated carbocycles. The fourth-order valence-corrected chi connectivity index (χ4v) is 1.77. The average Bonchev–Trinajstić information content (AvgIpc) is 2.21. The lowest BCUT2D eigenvalue weighted by Gasteiger charge is -2.21. The van der Waals surface area contributed by atoms with Crippen molar-refractivity contribution in [1.29, 1.82) is 0 Å². The van der Waals surface area contributed by atoms with Crippen LogP contribution in [0.5, 0.6) is 5.75 Å². The lowest BCUT2D eigenvalue weighted by atomic mass is 9.95. The minimum Gasteiger partial charge on any atom is -0.494 e. The molecule has 3 heteroatoms. The van der Waals surface area contributed by atoms with E-state index in [-0.39, 0.29) is 11.9 Å². The molecule has 0 aliphatic heterocycles. The molecular formula is C12H18FNO. The van der Waals surface area contributed by atoms with Gasteiger partial charge in [0.25, 0.3) is 0 Å². The summed E-state index contributed by atoms with van der Waals surface area (Å²) >= 11 is 0. The molecule has 1 aromatic rings. The number of methoxy groups -OCH3 is 1. The summed E-state index contributed by atoms with van der Waals surface area (Å²) in [6.07, 6.45) is 0. The molecule has 0 amide bonds. The molecule has 1 unspecified atom stereocenters. The topological polar surface area (TPSA) is 21.3 Å². The number of hydrogen-bond acceptors (Lipinski definition) is 2. The molecule has 1 N–H and O–H groups in total. The third-order valence-electron chi connectivity index (χ3n) is 2.53. The highest BCUT2D eigenvalue weighted by Gasteiger charge is 2.19. The highest BCUT2D eigenvalue weighted by atomic mass is 19.1. The number of nitrogens with one attached hydrogen (secondary N) is 1. The maximum atomic E-state index is 13.9. The molecule has 0 aromatic heterocycles. The Labute approximate surface area is 90.4 Å². The molecule has 0 spiro atoms. The summed E-state index contributed by atoms with van der Waals surface area (Å²) < 4.78 is 18.9. The van der Waals surface area contributed by atoms with Gasteiger partial charge in [-0.15, -0.1) is 0 Å². The van der Waals surface area contributed by atoms with Gasteiger partial charge in [0.1, 0.15) is 0 Å². The summed E-state index contributed by atoms with van der Waals surface area (Å²) in [4.78, 5) is 0. The zero-order valence-electron chi connectivity index (χ0n) is 9.67. The summed E-state index contributed by atoms with van der Waals surface area (Å²) in [6.45, 7) is 4.11. The van der Waals surface area contributed by atoms with Gasteiger partial charge in [-0.1, -0.05) is 26.0 Å². The molecule has 1 aromatic carbocycles. The van der Waals surface area contributed by atoms with E-state index < -0.39 is 0 Å². The second-order valence-electron chi connectivity index (χ2n) is 3.87. The van der Waals surface area contributed by atoms with Crippen LogP contribution in [0.2, 0.25) is 0 Å². The van der Waals surface area contributed by atoms with Gasteiger partial charge in [-0.2, -0.15) is 0 Å². The van der Waals surface area contributed by atoms with Crippen molar-refractivity contribution >= 4 is 0 Å². The first-order chi connectivity index (χ1) is 7.11. The lowest BCUT2D eigenvalue weighted by Crippen LogP contribution is -2.22. The third kappa shape index (κ3) is 2.48. The Hall–Kier alpha value is -1.09. The van der Waals surface area contributed by atoms with E-state index in [9.17, 15) is 4.39 Å². The van der Waals surface area contributed by atoms with Gasteiger partial charge in [-0.05, 0) is 19.0 Å². The molecule has 0 aliphatic rings. The van der Waals surface area contributed by atoms with E-state index in [1.807, 2.05) is 13.1 Å². The maximum Gasteiger partial charge on any atom is 0.169 e. The van der Waals surface area contributed by atoms with Crippen molar-refractivity contribution in [1.82, 2.24) is 5.32 Å². The normalized spacial score (nSPS) is 12.9. The fourth-order valence-electron chi connectivity index (χ4n) is 1.77. The van der Waals surface area contributed by atoms with Crippen LogP contribution >= 0.6 is 0 Å². The molecule has 84 valence electrons. The van der Waals surface area contributed by atoms with E-state index in [0.29, 0.717) is 17.2 Å². The van der Waals surface area contributed by atoms with E-state index in [0.717, 1.165) is 0 Å². The number of hydrogen-bond donors (Lipinski definition) is 1. The van der Waals surface area contributed by atoms with Gasteiger partial charge in [-0.25, -0.2) is 4.39 Å². The quantitative estimate of drug-likeness (QED) is 0.826. The summed E-state index contributed by atoms with van der Waals surface area (Å²) in [6, 6.07) is 5.24. The first-order valence-corrected chi connectivity index (χ1v) is 5.11. The van der Waals surface area contributed by atoms with Crippen molar-refractivity contribution in [2.45, 2.75) is 19.9 Å². The van der Waals surface area contributed by atoms with Crippen molar-refractivity contribution in [3.8, 4) is 5.75 Å². The monoisotopic (exact) mass is 211 g/mol. The molecule has 1 rings (SSSR count). The Kier molecular flexibility index (Phi) is 4.09. The minimum atomic E-state index is -0.270. The smallest absolute Gasteiger partial charge is 0.169 e. The van der Waals surface area contributed by atoms with Crippen LogP contribution < -0.4 is 10.1 Å². The summed E-state index contributed by atoms with van der Waals surface area (Å²) in [5.41, 5.74) is 0.659. The third-order valence-corrected chi connectivity index (χ3v) is 2.53. The highest BCUT2D eigenvalue weighted by molar-refractivity contribution is 5.33. The molecule has 0 saturated heterocycles. The van der Waals surface area contributed by atoms with Gasteiger partial charge >= 0.3 is 0 Å². The second-order valence-corrected chi connectivity index (χ2v) is 3.87. The van der Waals surface area contributed by atoms with Gasteiger partial charge < -0.3 is 10.1 Å². The van der Waals surface area contributed by atoms with Gasteiger partial charge in [0.2, 0.25) is 0 Å². The van der Waals surface area contributed by atoms with E-state index in [1.165, 1.54) is 7.11 Å². The number of rotatable bonds is 4. The lowest BCUT2D eigenvalue weighted by molar-refractivity contribution is 0.370. The van der Waals surface area contributed by atoms with Gasteiger partial charge in [0.15, 0.2) is 11.6 Å². The van der Waals surface area contributed by atoms with Crippen LogP contribution in [-0.4, -0.2) is 14.2 Å². The Balaban J connectivity index is 3.12. The summed E-state index contributed by atoms with van der Waals surface area (Å²) in [5.74, 6) is 0.359. The van der Waals surface area contributed by atoms with E-state index in [1.54, 1.807) is 12.1 Å². The Morgan fingerprint density at radius 2 is 2.00 bits per heavy atom. The average molecular weight is 211 g/mol. The number of benzene rings is 1. The molecular weight excluding hydrogens is 193 g/mol. The molecule has 15 heavy (non-hydrogen) atoms. The van der Waals surface area contributed by atoms with Crippen molar-refractivity contribution in [2.24, 2.45) is 5.92 Å². The van der Waals surface area contributed by atoms with Crippen LogP contribution in [0.3, 0.4) is 0 Å². The molecule has 0 fully saturated rings. The van der Waals surface area contributed by atoms with Crippen molar-refractivity contribution in [3.63, 3.8) is 0 Å². The second kappa shape index (κ2) is 5.12. The van der Waals surface area contributed by atoms with Gasteiger partial charge in [-0.3, -0.25) is 0 Å². The Morgan fingerprint density at radius 1 is 1.33 bits per heavy atom. The minimum absolute atomic E-state index is 0.0140. The van der Waals surface area contributed by atoms with Gasteiger partial charge in [0, 0.05) is 11.6 Å². The number of halogens is 1. The van der Waals surface area contributed by atoms with Crippen LogP contribution in [0, 0.1) is 11.7 Å². The standard InChI is InChI=1S/C12H18FNO/c1-8(2)12(14-3)9-6-5-7-10(15-4)11(9)13/h5-8,12,14H,1-4H3. The van der Waals surface area contributed by atoms with Gasteiger partial charge in [0.05, 0.1) is 7.11 Å². The molecule has 0 aliphatic carbocycles. The molecule has 0 bridgehead atoms. The predicted molar refractivity (Wildman–Crippen MR) is 59.6 cm³/mol. The Bertz CT molecular complexity index is 325. The molecule has 2 nitrogen and oxygen atoms in total. The zero-order valence-corrected chi connectivity index (χ0v) is 9.67. The van der Waals surface area contributed by atoms with Crippen LogP contribution in [0.15, 0.2) is 18.2 Å². The maximum absolute atomic E-state index is 13.9. The number of ether oxygens (including phenoxy) is 1. The predicted octanol–water partition coefficient (Wildman–Crippen LogP) is 2.75. The fraction of sp³-hybridized carbons (Fsp3) is 0.500. The van der Waals surface area contributed by atoms with Crippen LogP contribution in [0.1, 0.15) is 25.5 Å². The van der Waals surface area contributed by atoms with E-state index in [4.69, 9.17) is 4.74 Å². The summed E-state index contributed by atoms with van der Waals surface area (Å²) in [7, 11) is 3.32. The largest absolute Gasteiger partial charge is 0.494 e. The van der Waals surface area contributed by atoms with Crippen molar-refractivity contribution in [3.05, 3.63) is 29.6 Å². The molecule has 0 heterocycles. The van der Waals surface area contributed by atoms with Crippen LogP contribution in [0.4, 0.5) is 4.39 Å². The Morgan fingerprint density at radius 3 is 2.47 bits per heavy atom. The first kappa shape index (κ1) is 12.0. The van der Waals surface area contributed by atoms with E-state index >= 15 is 0 Å². The van der Waals surface area contributed by atoms with E-state index in [2.05, 4.69) is 19.2 Å². The molecule has 0 radical (unpaired) electrons. The zero-order chi connectivity index (χ0) is 11.4. The SMILES string of the molecule is CNC(c1cccc(OC)c1F)C(C)C. The summed E-state index contributed by atoms with van der Waals surface area (Å²) in [5, 5.41) is 3.11. The van der Waals surface area contributed by atoms with Crippen LogP contribution in [-0.2, 0) is 0 Å². The van der Waals surface area contributed by atoms with Crippen LogP contribution in [0.25, 0.3) is 0 Å². The van der Waals surface area contributed by atoms with Crippen molar-refractivity contribution < 1.29 is 9.13 Å². The first-order valence-electron chi connectivity index (χ1n) is 5.11. The van der Waals surface area contributed by atoms with Crippen molar-refractivity contribution in [2.75, 3.05) is 14.2 Å². The molecule has 1 atom stereocenters. The highest BCUT2D eigenvalue weighted by Crippen LogP contribution is 2.28.